The van der Waals surface area contributed by atoms with Crippen LogP contribution in [0, 0.1) is 0 Å². The molecule has 0 aliphatic rings. The Morgan fingerprint density at radius 3 is 2.57 bits per heavy atom. The first-order valence-electron chi connectivity index (χ1n) is 4.61. The topological polar surface area (TPSA) is 34.9 Å². The summed E-state index contributed by atoms with van der Waals surface area (Å²) in [5, 5.41) is 4.38. The predicted octanol–water partition coefficient (Wildman–Crippen LogP) is 1.93. The molecule has 0 unspecified atom stereocenters. The number of aromatic nitrogens is 2. The summed E-state index contributed by atoms with van der Waals surface area (Å²) in [7, 11) is 1.88. The fourth-order valence-electron chi connectivity index (χ4n) is 1.35. The van der Waals surface area contributed by atoms with Gasteiger partial charge >= 0.3 is 0 Å². The first-order chi connectivity index (χ1) is 6.45. The number of rotatable bonds is 2. The molecule has 0 aliphatic heterocycles. The maximum atomic E-state index is 10.2. The van der Waals surface area contributed by atoms with Crippen molar-refractivity contribution >= 4 is 12.4 Å². The molecule has 0 aliphatic carbocycles. The lowest BCUT2D eigenvalue weighted by Gasteiger charge is -2.16. The van der Waals surface area contributed by atoms with Crippen LogP contribution in [-0.2, 0) is 17.3 Å². The van der Waals surface area contributed by atoms with Crippen LogP contribution in [0.3, 0.4) is 0 Å². The van der Waals surface area contributed by atoms with Crippen LogP contribution in [0.1, 0.15) is 32.0 Å². The second kappa shape index (κ2) is 3.78. The number of hydrogen-bond donors (Lipinski definition) is 0. The molecular weight excluding hydrogens is 176 g/mol. The molecule has 0 radical (unpaired) electrons. The van der Waals surface area contributed by atoms with E-state index in [2.05, 4.69) is 25.9 Å². The molecule has 0 bridgehead atoms. The Morgan fingerprint density at radius 2 is 2.07 bits per heavy atom. The summed E-state index contributed by atoms with van der Waals surface area (Å²) in [4.78, 5) is 10.2. The van der Waals surface area contributed by atoms with Gasteiger partial charge in [0.1, 0.15) is 6.29 Å². The molecule has 0 saturated carbocycles. The van der Waals surface area contributed by atoms with E-state index in [0.29, 0.717) is 0 Å². The van der Waals surface area contributed by atoms with Crippen molar-refractivity contribution < 1.29 is 4.79 Å². The zero-order chi connectivity index (χ0) is 10.8. The average Bonchev–Trinajstić information content (AvgIpc) is 2.42. The van der Waals surface area contributed by atoms with Crippen molar-refractivity contribution in [2.45, 2.75) is 26.2 Å². The quantitative estimate of drug-likeness (QED) is 0.530. The van der Waals surface area contributed by atoms with Crippen LogP contribution >= 0.6 is 0 Å². The summed E-state index contributed by atoms with van der Waals surface area (Å²) in [6, 6.07) is 0. The van der Waals surface area contributed by atoms with Crippen molar-refractivity contribution in [2.24, 2.45) is 7.05 Å². The van der Waals surface area contributed by atoms with Gasteiger partial charge < -0.3 is 0 Å². The van der Waals surface area contributed by atoms with Crippen LogP contribution in [0.15, 0.2) is 12.3 Å². The first kappa shape index (κ1) is 10.7. The Kier molecular flexibility index (Phi) is 2.89. The van der Waals surface area contributed by atoms with Gasteiger partial charge in [-0.25, -0.2) is 0 Å². The van der Waals surface area contributed by atoms with Crippen LogP contribution in [-0.4, -0.2) is 16.1 Å². The van der Waals surface area contributed by atoms with Crippen molar-refractivity contribution in [3.05, 3.63) is 23.5 Å². The molecule has 14 heavy (non-hydrogen) atoms. The van der Waals surface area contributed by atoms with Crippen LogP contribution in [0.2, 0.25) is 0 Å². The van der Waals surface area contributed by atoms with Gasteiger partial charge in [0.2, 0.25) is 0 Å². The van der Waals surface area contributed by atoms with E-state index in [1.165, 1.54) is 6.08 Å². The van der Waals surface area contributed by atoms with Crippen molar-refractivity contribution in [1.29, 1.82) is 0 Å². The molecule has 1 aromatic heterocycles. The lowest BCUT2D eigenvalue weighted by Crippen LogP contribution is -2.13. The lowest BCUT2D eigenvalue weighted by atomic mass is 9.89. The van der Waals surface area contributed by atoms with Crippen molar-refractivity contribution in [1.82, 2.24) is 9.78 Å². The first-order valence-corrected chi connectivity index (χ1v) is 4.61. The van der Waals surface area contributed by atoms with Crippen LogP contribution in [0.25, 0.3) is 6.08 Å². The number of aryl methyl sites for hydroxylation is 1. The molecule has 0 spiro atoms. The molecule has 3 heteroatoms. The minimum atomic E-state index is 0.00379. The van der Waals surface area contributed by atoms with Gasteiger partial charge in [0.25, 0.3) is 0 Å². The number of nitrogens with zero attached hydrogens (tertiary/aromatic N) is 2. The van der Waals surface area contributed by atoms with Crippen LogP contribution in [0.5, 0.6) is 0 Å². The maximum Gasteiger partial charge on any atom is 0.142 e. The normalized spacial score (nSPS) is 12.3. The summed E-state index contributed by atoms with van der Waals surface area (Å²) in [5.41, 5.74) is 2.02. The Balaban J connectivity index is 3.15. The van der Waals surface area contributed by atoms with Gasteiger partial charge in [-0.05, 0) is 12.2 Å². The highest BCUT2D eigenvalue weighted by Crippen LogP contribution is 2.24. The molecule has 0 amide bonds. The summed E-state index contributed by atoms with van der Waals surface area (Å²) in [5.74, 6) is 0. The van der Waals surface area contributed by atoms with E-state index in [1.807, 2.05) is 13.2 Å². The van der Waals surface area contributed by atoms with Gasteiger partial charge in [-0.2, -0.15) is 5.10 Å². The van der Waals surface area contributed by atoms with Crippen molar-refractivity contribution in [3.8, 4) is 0 Å². The highest BCUT2D eigenvalue weighted by atomic mass is 16.1. The number of allylic oxidation sites excluding steroid dienone is 1. The molecule has 76 valence electrons. The van der Waals surface area contributed by atoms with E-state index < -0.39 is 0 Å². The van der Waals surface area contributed by atoms with Gasteiger partial charge in [-0.1, -0.05) is 20.8 Å². The fourth-order valence-corrected chi connectivity index (χ4v) is 1.35. The molecule has 1 aromatic rings. The van der Waals surface area contributed by atoms with E-state index >= 15 is 0 Å². The third-order valence-electron chi connectivity index (χ3n) is 1.92. The molecule has 3 nitrogen and oxygen atoms in total. The smallest absolute Gasteiger partial charge is 0.142 e. The third kappa shape index (κ3) is 2.31. The summed E-state index contributed by atoms with van der Waals surface area (Å²) in [6.45, 7) is 6.31. The molecule has 1 rings (SSSR count). The van der Waals surface area contributed by atoms with Gasteiger partial charge in [0, 0.05) is 24.2 Å². The maximum absolute atomic E-state index is 10.2. The summed E-state index contributed by atoms with van der Waals surface area (Å²) < 4.78 is 1.77. The van der Waals surface area contributed by atoms with Gasteiger partial charge in [0.05, 0.1) is 5.69 Å². The standard InChI is InChI=1S/C11H16N2O/c1-11(2,3)10-9(6-5-7-14)8-13(4)12-10/h5-8H,1-4H3/b6-5+. The Morgan fingerprint density at radius 1 is 1.43 bits per heavy atom. The van der Waals surface area contributed by atoms with Crippen molar-refractivity contribution in [3.63, 3.8) is 0 Å². The van der Waals surface area contributed by atoms with E-state index in [9.17, 15) is 4.79 Å². The second-order valence-corrected chi connectivity index (χ2v) is 4.35. The van der Waals surface area contributed by atoms with E-state index in [4.69, 9.17) is 0 Å². The zero-order valence-corrected chi connectivity index (χ0v) is 9.11. The molecule has 0 saturated heterocycles. The number of aldehydes is 1. The second-order valence-electron chi connectivity index (χ2n) is 4.35. The molecule has 0 N–H and O–H groups in total. The molecule has 0 fully saturated rings. The average molecular weight is 192 g/mol. The minimum Gasteiger partial charge on any atom is -0.299 e. The highest BCUT2D eigenvalue weighted by molar-refractivity contribution is 5.74. The monoisotopic (exact) mass is 192 g/mol. The largest absolute Gasteiger partial charge is 0.299 e. The number of hydrogen-bond acceptors (Lipinski definition) is 2. The SMILES string of the molecule is Cn1cc(/C=C/C=O)c(C(C)(C)C)n1. The number of carbonyl (C=O) groups excluding carboxylic acids is 1. The Labute approximate surface area is 84.4 Å². The lowest BCUT2D eigenvalue weighted by molar-refractivity contribution is -0.104. The fraction of sp³-hybridized carbons (Fsp3) is 0.455. The minimum absolute atomic E-state index is 0.00379. The zero-order valence-electron chi connectivity index (χ0n) is 9.11. The summed E-state index contributed by atoms with van der Waals surface area (Å²) in [6.07, 6.45) is 5.98. The molecule has 1 heterocycles. The Hall–Kier alpha value is -1.38. The van der Waals surface area contributed by atoms with Gasteiger partial charge in [-0.3, -0.25) is 9.48 Å². The summed E-state index contributed by atoms with van der Waals surface area (Å²) >= 11 is 0. The highest BCUT2D eigenvalue weighted by Gasteiger charge is 2.20. The molecule has 0 aromatic carbocycles. The van der Waals surface area contributed by atoms with Gasteiger partial charge in [0.15, 0.2) is 0 Å². The van der Waals surface area contributed by atoms with E-state index in [0.717, 1.165) is 17.5 Å². The van der Waals surface area contributed by atoms with E-state index in [1.54, 1.807) is 10.8 Å². The van der Waals surface area contributed by atoms with Crippen LogP contribution < -0.4 is 0 Å². The molecule has 0 atom stereocenters. The number of carbonyl (C=O) groups is 1. The van der Waals surface area contributed by atoms with Crippen molar-refractivity contribution in [2.75, 3.05) is 0 Å². The van der Waals surface area contributed by atoms with Crippen LogP contribution in [0.4, 0.5) is 0 Å². The predicted molar refractivity (Wildman–Crippen MR) is 57.0 cm³/mol. The third-order valence-corrected chi connectivity index (χ3v) is 1.92. The van der Waals surface area contributed by atoms with Gasteiger partial charge in [-0.15, -0.1) is 0 Å². The molecular formula is C11H16N2O. The Bertz CT molecular complexity index is 356. The van der Waals surface area contributed by atoms with E-state index in [-0.39, 0.29) is 5.41 Å².